The molecule has 1 aliphatic rings. The molecular weight excluding hydrogens is 214 g/mol. The second kappa shape index (κ2) is 3.23. The van der Waals surface area contributed by atoms with Gasteiger partial charge in [0.2, 0.25) is 0 Å². The van der Waals surface area contributed by atoms with Crippen molar-refractivity contribution in [2.45, 2.75) is 0 Å². The Balaban J connectivity index is 2.47. The Morgan fingerprint density at radius 2 is 1.73 bits per heavy atom. The van der Waals surface area contributed by atoms with E-state index in [1.165, 1.54) is 18.4 Å². The van der Waals surface area contributed by atoms with Gasteiger partial charge in [0.25, 0.3) is 0 Å². The molecule has 0 atom stereocenters. The minimum atomic E-state index is -3.44. The van der Waals surface area contributed by atoms with Crippen molar-refractivity contribution < 1.29 is 8.42 Å². The van der Waals surface area contributed by atoms with Crippen molar-refractivity contribution in [3.8, 4) is 0 Å². The summed E-state index contributed by atoms with van der Waals surface area (Å²) in [5.41, 5.74) is 0.785. The van der Waals surface area contributed by atoms with Crippen molar-refractivity contribution in [1.82, 2.24) is 8.72 Å². The lowest BCUT2D eigenvalue weighted by Gasteiger charge is -2.13. The fourth-order valence-electron chi connectivity index (χ4n) is 1.36. The van der Waals surface area contributed by atoms with Gasteiger partial charge in [0.1, 0.15) is 0 Å². The summed E-state index contributed by atoms with van der Waals surface area (Å²) in [4.78, 5) is 0. The quantitative estimate of drug-likeness (QED) is 0.697. The van der Waals surface area contributed by atoms with Gasteiger partial charge in [0.15, 0.2) is 5.84 Å². The molecule has 0 aromatic heterocycles. The van der Waals surface area contributed by atoms with Gasteiger partial charge in [-0.2, -0.15) is 12.8 Å². The number of nitrogens with zero attached hydrogens (tertiary/aromatic N) is 3. The van der Waals surface area contributed by atoms with Crippen LogP contribution in [0.5, 0.6) is 0 Å². The van der Waals surface area contributed by atoms with Crippen LogP contribution in [0.3, 0.4) is 0 Å². The largest absolute Gasteiger partial charge is 0.342 e. The van der Waals surface area contributed by atoms with Gasteiger partial charge in [-0.15, -0.1) is 5.10 Å². The summed E-state index contributed by atoms with van der Waals surface area (Å²) in [7, 11) is -0.529. The molecule has 5 nitrogen and oxygen atoms in total. The maximum Gasteiger partial charge on any atom is 0.342 e. The van der Waals surface area contributed by atoms with Crippen LogP contribution >= 0.6 is 0 Å². The van der Waals surface area contributed by atoms with Crippen LogP contribution < -0.4 is 0 Å². The van der Waals surface area contributed by atoms with E-state index >= 15 is 0 Å². The summed E-state index contributed by atoms with van der Waals surface area (Å²) in [5, 5.41) is 3.98. The van der Waals surface area contributed by atoms with Gasteiger partial charge in [-0.1, -0.05) is 30.3 Å². The summed E-state index contributed by atoms with van der Waals surface area (Å²) < 4.78 is 25.4. The smallest absolute Gasteiger partial charge is 0.237 e. The van der Waals surface area contributed by atoms with Crippen LogP contribution in [0.4, 0.5) is 0 Å². The fraction of sp³-hybridized carbons (Fsp3) is 0.222. The molecule has 80 valence electrons. The van der Waals surface area contributed by atoms with Gasteiger partial charge in [0, 0.05) is 19.7 Å². The third-order valence-corrected chi connectivity index (χ3v) is 3.86. The van der Waals surface area contributed by atoms with E-state index in [9.17, 15) is 8.42 Å². The summed E-state index contributed by atoms with van der Waals surface area (Å²) in [6.45, 7) is 0. The van der Waals surface area contributed by atoms with E-state index < -0.39 is 10.2 Å². The Kier molecular flexibility index (Phi) is 2.15. The zero-order valence-electron chi connectivity index (χ0n) is 8.45. The monoisotopic (exact) mass is 225 g/mol. The summed E-state index contributed by atoms with van der Waals surface area (Å²) in [6.07, 6.45) is 0. The van der Waals surface area contributed by atoms with Crippen LogP contribution in [-0.4, -0.2) is 37.1 Å². The average Bonchev–Trinajstić information content (AvgIpc) is 2.44. The highest BCUT2D eigenvalue weighted by Gasteiger charge is 2.33. The number of rotatable bonds is 1. The number of hydrazone groups is 1. The minimum absolute atomic E-state index is 0.443. The molecule has 0 amide bonds. The maximum absolute atomic E-state index is 11.6. The number of hydrogen-bond donors (Lipinski definition) is 0. The number of amidine groups is 1. The number of benzene rings is 1. The first-order valence-electron chi connectivity index (χ1n) is 4.40. The van der Waals surface area contributed by atoms with Crippen LogP contribution in [0.2, 0.25) is 0 Å². The van der Waals surface area contributed by atoms with Crippen LogP contribution in [0.15, 0.2) is 35.4 Å². The first-order chi connectivity index (χ1) is 7.03. The zero-order chi connectivity index (χ0) is 11.1. The average molecular weight is 225 g/mol. The van der Waals surface area contributed by atoms with Crippen molar-refractivity contribution in [2.24, 2.45) is 5.10 Å². The van der Waals surface area contributed by atoms with Gasteiger partial charge >= 0.3 is 10.2 Å². The van der Waals surface area contributed by atoms with Gasteiger partial charge in [-0.25, -0.2) is 4.31 Å². The summed E-state index contributed by atoms with van der Waals surface area (Å²) in [5.74, 6) is 0.443. The topological polar surface area (TPSA) is 53.0 Å². The maximum atomic E-state index is 11.6. The molecule has 0 bridgehead atoms. The van der Waals surface area contributed by atoms with Gasteiger partial charge < -0.3 is 0 Å². The zero-order valence-corrected chi connectivity index (χ0v) is 9.27. The van der Waals surface area contributed by atoms with E-state index in [0.717, 1.165) is 9.98 Å². The second-order valence-electron chi connectivity index (χ2n) is 3.20. The normalized spacial score (nSPS) is 19.2. The third kappa shape index (κ3) is 1.46. The molecule has 0 radical (unpaired) electrons. The van der Waals surface area contributed by atoms with E-state index in [1.54, 1.807) is 0 Å². The predicted octanol–water partition coefficient (Wildman–Crippen LogP) is 0.470. The van der Waals surface area contributed by atoms with E-state index in [0.29, 0.717) is 5.84 Å². The Hall–Kier alpha value is -1.56. The molecule has 2 rings (SSSR count). The number of hydrogen-bond acceptors (Lipinski definition) is 3. The summed E-state index contributed by atoms with van der Waals surface area (Å²) in [6, 6.07) is 9.21. The molecule has 6 heteroatoms. The molecular formula is C9H11N3O2S. The molecule has 0 spiro atoms. The lowest BCUT2D eigenvalue weighted by atomic mass is 10.2. The molecule has 0 unspecified atom stereocenters. The van der Waals surface area contributed by atoms with Gasteiger partial charge in [0.05, 0.1) is 0 Å². The highest BCUT2D eigenvalue weighted by Crippen LogP contribution is 2.18. The van der Waals surface area contributed by atoms with Crippen LogP contribution in [-0.2, 0) is 10.2 Å². The van der Waals surface area contributed by atoms with Crippen molar-refractivity contribution in [2.75, 3.05) is 14.1 Å². The SMILES string of the molecule is CN1N=C(c2ccccc2)N(C)S1(=O)=O. The molecule has 0 fully saturated rings. The first-order valence-corrected chi connectivity index (χ1v) is 5.80. The van der Waals surface area contributed by atoms with Crippen LogP contribution in [0.1, 0.15) is 5.56 Å². The Labute approximate surface area is 88.8 Å². The van der Waals surface area contributed by atoms with Crippen molar-refractivity contribution >= 4 is 16.0 Å². The Morgan fingerprint density at radius 1 is 1.13 bits per heavy atom. The van der Waals surface area contributed by atoms with Crippen molar-refractivity contribution in [3.63, 3.8) is 0 Å². The van der Waals surface area contributed by atoms with Crippen molar-refractivity contribution in [3.05, 3.63) is 35.9 Å². The fourth-order valence-corrected chi connectivity index (χ4v) is 2.26. The lowest BCUT2D eigenvalue weighted by Crippen LogP contribution is -2.32. The van der Waals surface area contributed by atoms with E-state index in [1.807, 2.05) is 30.3 Å². The summed E-state index contributed by atoms with van der Waals surface area (Å²) >= 11 is 0. The standard InChI is InChI=1S/C9H11N3O2S/c1-11-9(8-6-4-3-5-7-8)10-12(2)15(11,13)14/h3-7H,1-2H3. The van der Waals surface area contributed by atoms with Gasteiger partial charge in [-0.3, -0.25) is 0 Å². The van der Waals surface area contributed by atoms with Gasteiger partial charge in [-0.05, 0) is 0 Å². The van der Waals surface area contributed by atoms with Crippen LogP contribution in [0.25, 0.3) is 0 Å². The predicted molar refractivity (Wildman–Crippen MR) is 57.4 cm³/mol. The minimum Gasteiger partial charge on any atom is -0.237 e. The lowest BCUT2D eigenvalue weighted by molar-refractivity contribution is 0.479. The van der Waals surface area contributed by atoms with Crippen LogP contribution in [0, 0.1) is 0 Å². The van der Waals surface area contributed by atoms with E-state index in [2.05, 4.69) is 5.10 Å². The molecule has 0 N–H and O–H groups in total. The highest BCUT2D eigenvalue weighted by molar-refractivity contribution is 7.87. The molecule has 0 aliphatic carbocycles. The Morgan fingerprint density at radius 3 is 2.20 bits per heavy atom. The van der Waals surface area contributed by atoms with Crippen molar-refractivity contribution in [1.29, 1.82) is 0 Å². The first kappa shape index (κ1) is 9.97. The molecule has 1 heterocycles. The second-order valence-corrected chi connectivity index (χ2v) is 5.17. The molecule has 15 heavy (non-hydrogen) atoms. The third-order valence-electron chi connectivity index (χ3n) is 2.25. The molecule has 0 saturated carbocycles. The highest BCUT2D eigenvalue weighted by atomic mass is 32.2. The molecule has 1 aliphatic heterocycles. The Bertz CT molecular complexity index is 495. The van der Waals surface area contributed by atoms with E-state index in [-0.39, 0.29) is 0 Å². The molecule has 1 aromatic rings. The molecule has 1 aromatic carbocycles. The molecule has 0 saturated heterocycles. The van der Waals surface area contributed by atoms with E-state index in [4.69, 9.17) is 0 Å².